The lowest BCUT2D eigenvalue weighted by molar-refractivity contribution is -0.138. The van der Waals surface area contributed by atoms with Gasteiger partial charge in [0.2, 0.25) is 10.0 Å². The molecule has 0 unspecified atom stereocenters. The first-order valence-corrected chi connectivity index (χ1v) is 7.11. The summed E-state index contributed by atoms with van der Waals surface area (Å²) in [5, 5.41) is 8.72. The molecule has 110 valence electrons. The number of esters is 1. The average Bonchev–Trinajstić information content (AvgIpc) is 2.36. The van der Waals surface area contributed by atoms with Crippen molar-refractivity contribution in [2.24, 2.45) is 0 Å². The Morgan fingerprint density at radius 3 is 2.40 bits per heavy atom. The van der Waals surface area contributed by atoms with Gasteiger partial charge in [0, 0.05) is 0 Å². The van der Waals surface area contributed by atoms with Crippen LogP contribution in [0.5, 0.6) is 0 Å². The van der Waals surface area contributed by atoms with Gasteiger partial charge in [0.1, 0.15) is 6.04 Å². The van der Waals surface area contributed by atoms with Crippen LogP contribution in [0.1, 0.15) is 22.8 Å². The van der Waals surface area contributed by atoms with Crippen LogP contribution >= 0.6 is 0 Å². The van der Waals surface area contributed by atoms with E-state index in [-0.39, 0.29) is 10.5 Å². The van der Waals surface area contributed by atoms with E-state index in [0.29, 0.717) is 5.56 Å². The Morgan fingerprint density at radius 1 is 1.35 bits per heavy atom. The summed E-state index contributed by atoms with van der Waals surface area (Å²) in [4.78, 5) is 21.9. The van der Waals surface area contributed by atoms with Gasteiger partial charge in [0.25, 0.3) is 0 Å². The van der Waals surface area contributed by atoms with Crippen molar-refractivity contribution < 1.29 is 27.9 Å². The summed E-state index contributed by atoms with van der Waals surface area (Å²) in [5.41, 5.74) is 0.535. The van der Waals surface area contributed by atoms with Crippen molar-refractivity contribution in [2.75, 3.05) is 7.11 Å². The van der Waals surface area contributed by atoms with Crippen LogP contribution in [0.25, 0.3) is 0 Å². The number of aryl methyl sites for hydroxylation is 1. The molecule has 0 fully saturated rings. The molecule has 7 nitrogen and oxygen atoms in total. The topological polar surface area (TPSA) is 110 Å². The molecule has 0 aliphatic heterocycles. The number of benzene rings is 1. The molecule has 0 aliphatic carbocycles. The molecule has 8 heteroatoms. The average molecular weight is 301 g/mol. The number of methoxy groups -OCH3 is 1. The largest absolute Gasteiger partial charge is 0.480 e. The van der Waals surface area contributed by atoms with E-state index in [1.165, 1.54) is 39.2 Å². The summed E-state index contributed by atoms with van der Waals surface area (Å²) in [6.45, 7) is 2.73. The Kier molecular flexibility index (Phi) is 4.85. The highest BCUT2D eigenvalue weighted by molar-refractivity contribution is 7.89. The first-order chi connectivity index (χ1) is 9.19. The minimum atomic E-state index is -3.97. The lowest BCUT2D eigenvalue weighted by Crippen LogP contribution is -2.38. The lowest BCUT2D eigenvalue weighted by atomic mass is 10.1. The summed E-state index contributed by atoms with van der Waals surface area (Å²) < 4.78 is 30.6. The molecular weight excluding hydrogens is 286 g/mol. The van der Waals surface area contributed by atoms with Crippen LogP contribution < -0.4 is 4.72 Å². The maximum atomic E-state index is 12.0. The third-order valence-corrected chi connectivity index (χ3v) is 4.29. The zero-order valence-electron chi connectivity index (χ0n) is 11.2. The fourth-order valence-corrected chi connectivity index (χ4v) is 2.97. The number of ether oxygens (including phenoxy) is 1. The van der Waals surface area contributed by atoms with Crippen LogP contribution in [0, 0.1) is 6.92 Å². The van der Waals surface area contributed by atoms with Crippen molar-refractivity contribution in [2.45, 2.75) is 24.8 Å². The number of hydrogen-bond acceptors (Lipinski definition) is 5. The van der Waals surface area contributed by atoms with Crippen LogP contribution in [0.4, 0.5) is 0 Å². The number of sulfonamides is 1. The van der Waals surface area contributed by atoms with Crippen LogP contribution in [0.2, 0.25) is 0 Å². The Morgan fingerprint density at radius 2 is 1.95 bits per heavy atom. The van der Waals surface area contributed by atoms with Crippen molar-refractivity contribution in [1.29, 1.82) is 0 Å². The van der Waals surface area contributed by atoms with Gasteiger partial charge in [-0.2, -0.15) is 4.72 Å². The number of carboxylic acids is 1. The molecule has 0 saturated heterocycles. The van der Waals surface area contributed by atoms with Crippen molar-refractivity contribution in [3.8, 4) is 0 Å². The van der Waals surface area contributed by atoms with Crippen molar-refractivity contribution in [1.82, 2.24) is 4.72 Å². The molecule has 1 atom stereocenters. The zero-order chi connectivity index (χ0) is 15.5. The number of hydrogen-bond donors (Lipinski definition) is 2. The minimum Gasteiger partial charge on any atom is -0.480 e. The first-order valence-electron chi connectivity index (χ1n) is 5.63. The first kappa shape index (κ1) is 16.1. The summed E-state index contributed by atoms with van der Waals surface area (Å²) >= 11 is 0. The van der Waals surface area contributed by atoms with E-state index in [2.05, 4.69) is 4.74 Å². The van der Waals surface area contributed by atoms with Gasteiger partial charge in [0.15, 0.2) is 0 Å². The molecule has 2 N–H and O–H groups in total. The quantitative estimate of drug-likeness (QED) is 0.768. The minimum absolute atomic E-state index is 0.0850. The zero-order valence-corrected chi connectivity index (χ0v) is 12.0. The smallest absolute Gasteiger partial charge is 0.337 e. The number of aliphatic carboxylic acids is 1. The van der Waals surface area contributed by atoms with Crippen LogP contribution in [-0.2, 0) is 19.6 Å². The van der Waals surface area contributed by atoms with Gasteiger partial charge >= 0.3 is 11.9 Å². The molecule has 0 bridgehead atoms. The molecule has 0 amide bonds. The standard InChI is InChI=1S/C12H15NO6S/c1-7-6-9(12(16)19-3)4-5-10(7)20(17,18)13-8(2)11(14)15/h4-6,8,13H,1-3H3,(H,14,15)/t8-/m0/s1. The normalized spacial score (nSPS) is 12.8. The second kappa shape index (κ2) is 6.02. The number of carbonyl (C=O) groups excluding carboxylic acids is 1. The molecule has 0 aromatic heterocycles. The van der Waals surface area contributed by atoms with Gasteiger partial charge in [-0.15, -0.1) is 0 Å². The SMILES string of the molecule is COC(=O)c1ccc(S(=O)(=O)N[C@@H](C)C(=O)O)c(C)c1. The van der Waals surface area contributed by atoms with E-state index in [9.17, 15) is 18.0 Å². The van der Waals surface area contributed by atoms with E-state index < -0.39 is 28.0 Å². The molecule has 0 saturated carbocycles. The van der Waals surface area contributed by atoms with E-state index in [1.54, 1.807) is 0 Å². The highest BCUT2D eigenvalue weighted by atomic mass is 32.2. The Bertz CT molecular complexity index is 637. The predicted molar refractivity (Wildman–Crippen MR) is 69.9 cm³/mol. The summed E-state index contributed by atoms with van der Waals surface area (Å²) in [5.74, 6) is -1.86. The third-order valence-electron chi connectivity index (χ3n) is 2.59. The van der Waals surface area contributed by atoms with Gasteiger partial charge in [0.05, 0.1) is 17.6 Å². The summed E-state index contributed by atoms with van der Waals surface area (Å²) in [7, 11) is -2.75. The molecule has 0 radical (unpaired) electrons. The predicted octanol–water partition coefficient (Wildman–Crippen LogP) is 0.533. The van der Waals surface area contributed by atoms with Gasteiger partial charge in [-0.25, -0.2) is 13.2 Å². The van der Waals surface area contributed by atoms with E-state index in [4.69, 9.17) is 5.11 Å². The fourth-order valence-electron chi connectivity index (χ4n) is 1.54. The Hall–Kier alpha value is -1.93. The van der Waals surface area contributed by atoms with Crippen LogP contribution in [-0.4, -0.2) is 38.6 Å². The third kappa shape index (κ3) is 3.55. The molecule has 1 aromatic carbocycles. The molecule has 1 aromatic rings. The summed E-state index contributed by atoms with van der Waals surface area (Å²) in [6, 6.07) is 2.66. The monoisotopic (exact) mass is 301 g/mol. The molecule has 20 heavy (non-hydrogen) atoms. The van der Waals surface area contributed by atoms with Crippen molar-refractivity contribution in [3.63, 3.8) is 0 Å². The number of nitrogens with one attached hydrogen (secondary N) is 1. The Balaban J connectivity index is 3.14. The highest BCUT2D eigenvalue weighted by Gasteiger charge is 2.23. The molecule has 0 spiro atoms. The Labute approximate surface area is 116 Å². The van der Waals surface area contributed by atoms with E-state index in [1.807, 2.05) is 4.72 Å². The summed E-state index contributed by atoms with van der Waals surface area (Å²) in [6.07, 6.45) is 0. The van der Waals surface area contributed by atoms with Gasteiger partial charge in [-0.3, -0.25) is 4.79 Å². The highest BCUT2D eigenvalue weighted by Crippen LogP contribution is 2.17. The lowest BCUT2D eigenvalue weighted by Gasteiger charge is -2.12. The van der Waals surface area contributed by atoms with Gasteiger partial charge < -0.3 is 9.84 Å². The molecule has 1 rings (SSSR count). The van der Waals surface area contributed by atoms with Gasteiger partial charge in [-0.1, -0.05) is 0 Å². The second-order valence-corrected chi connectivity index (χ2v) is 5.84. The van der Waals surface area contributed by atoms with E-state index in [0.717, 1.165) is 0 Å². The maximum absolute atomic E-state index is 12.0. The number of carboxylic acid groups (broad SMARTS) is 1. The van der Waals surface area contributed by atoms with Gasteiger partial charge in [-0.05, 0) is 37.6 Å². The molecular formula is C12H15NO6S. The van der Waals surface area contributed by atoms with Crippen LogP contribution in [0.3, 0.4) is 0 Å². The number of carbonyl (C=O) groups is 2. The van der Waals surface area contributed by atoms with E-state index >= 15 is 0 Å². The van der Waals surface area contributed by atoms with Crippen molar-refractivity contribution >= 4 is 22.0 Å². The molecule has 0 heterocycles. The van der Waals surface area contributed by atoms with Crippen LogP contribution in [0.15, 0.2) is 23.1 Å². The maximum Gasteiger partial charge on any atom is 0.337 e. The number of rotatable bonds is 5. The second-order valence-electron chi connectivity index (χ2n) is 4.15. The van der Waals surface area contributed by atoms with Crippen molar-refractivity contribution in [3.05, 3.63) is 29.3 Å². The fraction of sp³-hybridized carbons (Fsp3) is 0.333. The molecule has 0 aliphatic rings.